The van der Waals surface area contributed by atoms with Gasteiger partial charge in [0.1, 0.15) is 6.42 Å². The summed E-state index contributed by atoms with van der Waals surface area (Å²) in [6, 6.07) is 0. The van der Waals surface area contributed by atoms with Crippen LogP contribution in [0, 0.1) is 5.92 Å². The summed E-state index contributed by atoms with van der Waals surface area (Å²) in [5.74, 6) is -0.0247. The lowest BCUT2D eigenvalue weighted by Gasteiger charge is -2.10. The van der Waals surface area contributed by atoms with Gasteiger partial charge in [-0.05, 0) is 39.3 Å². The van der Waals surface area contributed by atoms with E-state index >= 15 is 0 Å². The summed E-state index contributed by atoms with van der Waals surface area (Å²) in [5.41, 5.74) is 0. The van der Waals surface area contributed by atoms with Crippen molar-refractivity contribution < 1.29 is 14.3 Å². The van der Waals surface area contributed by atoms with Crippen LogP contribution < -0.4 is 5.32 Å². The molecule has 1 atom stereocenters. The van der Waals surface area contributed by atoms with E-state index in [2.05, 4.69) is 17.3 Å². The Morgan fingerprint density at radius 2 is 2.24 bits per heavy atom. The van der Waals surface area contributed by atoms with Gasteiger partial charge in [0.25, 0.3) is 0 Å². The molecule has 98 valence electrons. The van der Waals surface area contributed by atoms with E-state index in [0.29, 0.717) is 19.1 Å². The number of amides is 1. The molecule has 0 bridgehead atoms. The number of rotatable bonds is 6. The van der Waals surface area contributed by atoms with Crippen LogP contribution in [-0.4, -0.2) is 50.1 Å². The van der Waals surface area contributed by atoms with Crippen LogP contribution in [0.25, 0.3) is 0 Å². The molecule has 1 heterocycles. The number of nitrogens with zero attached hydrogens (tertiary/aromatic N) is 1. The van der Waals surface area contributed by atoms with E-state index in [1.54, 1.807) is 6.92 Å². The first kappa shape index (κ1) is 14.0. The van der Waals surface area contributed by atoms with Crippen molar-refractivity contribution in [3.8, 4) is 0 Å². The smallest absolute Gasteiger partial charge is 0.315 e. The molecule has 0 radical (unpaired) electrons. The van der Waals surface area contributed by atoms with Crippen molar-refractivity contribution in [1.82, 2.24) is 10.2 Å². The van der Waals surface area contributed by atoms with E-state index in [4.69, 9.17) is 4.74 Å². The van der Waals surface area contributed by atoms with Crippen LogP contribution in [0.5, 0.6) is 0 Å². The number of nitrogens with one attached hydrogen (secondary N) is 1. The maximum Gasteiger partial charge on any atom is 0.315 e. The molecule has 1 rings (SSSR count). The van der Waals surface area contributed by atoms with Gasteiger partial charge in [-0.3, -0.25) is 9.59 Å². The van der Waals surface area contributed by atoms with Gasteiger partial charge in [0.05, 0.1) is 6.61 Å². The third-order valence-electron chi connectivity index (χ3n) is 2.97. The summed E-state index contributed by atoms with van der Waals surface area (Å²) >= 11 is 0. The molecule has 0 saturated carbocycles. The predicted octanol–water partition coefficient (Wildman–Crippen LogP) is 0.398. The number of carbonyl (C=O) groups excluding carboxylic acids is 2. The number of hydrogen-bond acceptors (Lipinski definition) is 4. The van der Waals surface area contributed by atoms with Gasteiger partial charge in [-0.15, -0.1) is 0 Å². The minimum absolute atomic E-state index is 0.168. The van der Waals surface area contributed by atoms with Crippen molar-refractivity contribution in [3.63, 3.8) is 0 Å². The van der Waals surface area contributed by atoms with Gasteiger partial charge in [-0.2, -0.15) is 0 Å². The summed E-state index contributed by atoms with van der Waals surface area (Å²) < 4.78 is 4.70. The molecule has 1 aliphatic heterocycles. The van der Waals surface area contributed by atoms with Crippen LogP contribution in [0.2, 0.25) is 0 Å². The number of carbonyl (C=O) groups is 2. The average Bonchev–Trinajstić information content (AvgIpc) is 2.64. The van der Waals surface area contributed by atoms with Crippen LogP contribution in [0.1, 0.15) is 26.2 Å². The molecule has 0 aromatic rings. The SMILES string of the molecule is CCOC(=O)CC(=O)NCCC1CCN(C)C1. The second-order valence-corrected chi connectivity index (χ2v) is 4.54. The molecule has 17 heavy (non-hydrogen) atoms. The van der Waals surface area contributed by atoms with Gasteiger partial charge in [-0.1, -0.05) is 0 Å². The van der Waals surface area contributed by atoms with Crippen molar-refractivity contribution in [2.75, 3.05) is 33.3 Å². The normalized spacial score (nSPS) is 20.2. The zero-order valence-electron chi connectivity index (χ0n) is 10.7. The summed E-state index contributed by atoms with van der Waals surface area (Å²) in [5, 5.41) is 2.76. The van der Waals surface area contributed by atoms with E-state index in [-0.39, 0.29) is 12.3 Å². The molecule has 1 N–H and O–H groups in total. The molecule has 0 spiro atoms. The Kier molecular flexibility index (Phi) is 5.97. The van der Waals surface area contributed by atoms with E-state index < -0.39 is 5.97 Å². The molecule has 1 fully saturated rings. The number of ether oxygens (including phenoxy) is 1. The van der Waals surface area contributed by atoms with E-state index in [1.165, 1.54) is 6.42 Å². The molecule has 5 nitrogen and oxygen atoms in total. The minimum Gasteiger partial charge on any atom is -0.466 e. The lowest BCUT2D eigenvalue weighted by Crippen LogP contribution is -2.28. The van der Waals surface area contributed by atoms with Crippen molar-refractivity contribution in [2.45, 2.75) is 26.2 Å². The van der Waals surface area contributed by atoms with E-state index in [0.717, 1.165) is 19.5 Å². The fourth-order valence-electron chi connectivity index (χ4n) is 2.08. The van der Waals surface area contributed by atoms with Gasteiger partial charge < -0.3 is 15.0 Å². The highest BCUT2D eigenvalue weighted by Gasteiger charge is 2.19. The first-order valence-corrected chi connectivity index (χ1v) is 6.22. The second-order valence-electron chi connectivity index (χ2n) is 4.54. The molecular formula is C12H22N2O3. The summed E-state index contributed by atoms with van der Waals surface area (Å²) in [6.45, 7) is 4.94. The molecule has 0 aromatic carbocycles. The zero-order chi connectivity index (χ0) is 12.7. The van der Waals surface area contributed by atoms with Crippen molar-refractivity contribution >= 4 is 11.9 Å². The lowest BCUT2D eigenvalue weighted by molar-refractivity contribution is -0.145. The first-order valence-electron chi connectivity index (χ1n) is 6.22. The summed E-state index contributed by atoms with van der Waals surface area (Å²) in [7, 11) is 2.11. The highest BCUT2D eigenvalue weighted by Crippen LogP contribution is 2.16. The van der Waals surface area contributed by atoms with Gasteiger partial charge in [0.2, 0.25) is 5.91 Å². The van der Waals surface area contributed by atoms with Crippen LogP contribution in [0.4, 0.5) is 0 Å². The Labute approximate surface area is 102 Å². The third-order valence-corrected chi connectivity index (χ3v) is 2.97. The summed E-state index contributed by atoms with van der Waals surface area (Å²) in [6.07, 6.45) is 2.02. The maximum atomic E-state index is 11.3. The zero-order valence-corrected chi connectivity index (χ0v) is 10.7. The quantitative estimate of drug-likeness (QED) is 0.541. The number of likely N-dealkylation sites (tertiary alicyclic amines) is 1. The molecule has 1 amide bonds. The van der Waals surface area contributed by atoms with Crippen molar-refractivity contribution in [1.29, 1.82) is 0 Å². The lowest BCUT2D eigenvalue weighted by atomic mass is 10.1. The fourth-order valence-corrected chi connectivity index (χ4v) is 2.08. The Hall–Kier alpha value is -1.10. The molecule has 0 aliphatic carbocycles. The standard InChI is InChI=1S/C12H22N2O3/c1-3-17-12(16)8-11(15)13-6-4-10-5-7-14(2)9-10/h10H,3-9H2,1-2H3,(H,13,15). The molecule has 0 aromatic heterocycles. The highest BCUT2D eigenvalue weighted by molar-refractivity contribution is 5.94. The number of hydrogen-bond donors (Lipinski definition) is 1. The third kappa shape index (κ3) is 5.68. The van der Waals surface area contributed by atoms with Gasteiger partial charge in [-0.25, -0.2) is 0 Å². The summed E-state index contributed by atoms with van der Waals surface area (Å²) in [4.78, 5) is 24.7. The molecular weight excluding hydrogens is 220 g/mol. The molecule has 1 aliphatic rings. The average molecular weight is 242 g/mol. The van der Waals surface area contributed by atoms with E-state index in [9.17, 15) is 9.59 Å². The van der Waals surface area contributed by atoms with Gasteiger partial charge >= 0.3 is 5.97 Å². The number of esters is 1. The van der Waals surface area contributed by atoms with Crippen LogP contribution >= 0.6 is 0 Å². The molecule has 5 heteroatoms. The van der Waals surface area contributed by atoms with Crippen molar-refractivity contribution in [2.24, 2.45) is 5.92 Å². The topological polar surface area (TPSA) is 58.6 Å². The van der Waals surface area contributed by atoms with Crippen LogP contribution in [0.3, 0.4) is 0 Å². The van der Waals surface area contributed by atoms with Crippen LogP contribution in [-0.2, 0) is 14.3 Å². The molecule has 1 unspecified atom stereocenters. The van der Waals surface area contributed by atoms with Crippen LogP contribution in [0.15, 0.2) is 0 Å². The maximum absolute atomic E-state index is 11.3. The predicted molar refractivity (Wildman–Crippen MR) is 64.5 cm³/mol. The molecule has 1 saturated heterocycles. The van der Waals surface area contributed by atoms with Gasteiger partial charge in [0, 0.05) is 13.1 Å². The first-order chi connectivity index (χ1) is 8.11. The minimum atomic E-state index is -0.453. The second kappa shape index (κ2) is 7.27. The Morgan fingerprint density at radius 1 is 1.47 bits per heavy atom. The fraction of sp³-hybridized carbons (Fsp3) is 0.833. The highest BCUT2D eigenvalue weighted by atomic mass is 16.5. The van der Waals surface area contributed by atoms with Gasteiger partial charge in [0.15, 0.2) is 0 Å². The largest absolute Gasteiger partial charge is 0.466 e. The van der Waals surface area contributed by atoms with Crippen molar-refractivity contribution in [3.05, 3.63) is 0 Å². The monoisotopic (exact) mass is 242 g/mol. The Balaban J connectivity index is 2.06. The Morgan fingerprint density at radius 3 is 2.82 bits per heavy atom. The Bertz CT molecular complexity index is 268. The van der Waals surface area contributed by atoms with E-state index in [1.807, 2.05) is 0 Å².